The Balaban J connectivity index is 1.23. The summed E-state index contributed by atoms with van der Waals surface area (Å²) in [6.07, 6.45) is 3.91. The Morgan fingerprint density at radius 1 is 0.583 bits per heavy atom. The topological polar surface area (TPSA) is 25.8 Å². The van der Waals surface area contributed by atoms with E-state index in [1.54, 1.807) is 0 Å². The predicted molar refractivity (Wildman–Crippen MR) is 161 cm³/mol. The highest BCUT2D eigenvalue weighted by Crippen LogP contribution is 2.39. The van der Waals surface area contributed by atoms with Gasteiger partial charge in [-0.3, -0.25) is 9.97 Å². The van der Waals surface area contributed by atoms with E-state index in [0.717, 1.165) is 27.7 Å². The number of aromatic nitrogens is 2. The highest BCUT2D eigenvalue weighted by molar-refractivity contribution is 14.1. The molecule has 0 radical (unpaired) electrons. The van der Waals surface area contributed by atoms with Crippen molar-refractivity contribution in [3.8, 4) is 33.5 Å². The van der Waals surface area contributed by atoms with Crippen LogP contribution >= 0.6 is 33.9 Å². The second-order valence-corrected chi connectivity index (χ2v) is 11.1. The van der Waals surface area contributed by atoms with Gasteiger partial charge in [0.1, 0.15) is 0 Å². The van der Waals surface area contributed by atoms with E-state index in [1.165, 1.54) is 40.4 Å². The lowest BCUT2D eigenvalue weighted by Crippen LogP contribution is -1.88. The Morgan fingerprint density at radius 3 is 2.22 bits per heavy atom. The highest BCUT2D eigenvalue weighted by Gasteiger charge is 2.11. The van der Waals surface area contributed by atoms with Crippen LogP contribution in [0, 0.1) is 3.57 Å². The van der Waals surface area contributed by atoms with E-state index < -0.39 is 0 Å². The molecule has 0 aliphatic rings. The molecule has 0 spiro atoms. The number of benzene rings is 4. The van der Waals surface area contributed by atoms with Gasteiger partial charge in [-0.05, 0) is 70.1 Å². The van der Waals surface area contributed by atoms with Gasteiger partial charge in [-0.15, -0.1) is 11.3 Å². The molecule has 0 amide bonds. The standard InChI is InChI=1S/C32H19IN2S/c33-25-13-10-20(11-14-25)21-8-9-22-16-24(19-35-30(22)17-21)23-12-15-29(34-18-23)28-6-3-5-27-26-4-1-2-7-31(26)36-32(27)28/h1-19H. The SMILES string of the molecule is Ic1ccc(-c2ccc3cc(-c4ccc(-c5cccc6c5sc5ccccc56)nc4)cnc3c2)cc1. The summed E-state index contributed by atoms with van der Waals surface area (Å²) in [5.41, 5.74) is 7.70. The van der Waals surface area contributed by atoms with Crippen molar-refractivity contribution in [2.75, 3.05) is 0 Å². The predicted octanol–water partition coefficient (Wildman–Crippen LogP) is 9.60. The van der Waals surface area contributed by atoms with Crippen molar-refractivity contribution < 1.29 is 0 Å². The molecule has 0 saturated carbocycles. The molecular weight excluding hydrogens is 571 g/mol. The van der Waals surface area contributed by atoms with Crippen LogP contribution in [-0.4, -0.2) is 9.97 Å². The van der Waals surface area contributed by atoms with Crippen molar-refractivity contribution in [2.24, 2.45) is 0 Å². The summed E-state index contributed by atoms with van der Waals surface area (Å²) in [6.45, 7) is 0. The lowest BCUT2D eigenvalue weighted by Gasteiger charge is -2.08. The first-order valence-electron chi connectivity index (χ1n) is 11.8. The largest absolute Gasteiger partial charge is 0.256 e. The van der Waals surface area contributed by atoms with Gasteiger partial charge >= 0.3 is 0 Å². The van der Waals surface area contributed by atoms with Crippen LogP contribution in [0.2, 0.25) is 0 Å². The average Bonchev–Trinajstić information content (AvgIpc) is 3.32. The second-order valence-electron chi connectivity index (χ2n) is 8.85. The lowest BCUT2D eigenvalue weighted by atomic mass is 10.0. The Morgan fingerprint density at radius 2 is 1.36 bits per heavy atom. The van der Waals surface area contributed by atoms with Crippen molar-refractivity contribution in [3.05, 3.63) is 119 Å². The Labute approximate surface area is 226 Å². The Bertz CT molecular complexity index is 1890. The number of hydrogen-bond donors (Lipinski definition) is 0. The molecule has 0 saturated heterocycles. The zero-order valence-corrected chi connectivity index (χ0v) is 22.1. The van der Waals surface area contributed by atoms with Crippen molar-refractivity contribution in [1.29, 1.82) is 0 Å². The molecule has 0 fully saturated rings. The molecule has 0 aliphatic heterocycles. The number of halogens is 1. The van der Waals surface area contributed by atoms with Crippen LogP contribution < -0.4 is 0 Å². The lowest BCUT2D eigenvalue weighted by molar-refractivity contribution is 1.32. The maximum atomic E-state index is 4.86. The van der Waals surface area contributed by atoms with Crippen LogP contribution in [0.4, 0.5) is 0 Å². The van der Waals surface area contributed by atoms with Gasteiger partial charge in [-0.25, -0.2) is 0 Å². The number of hydrogen-bond acceptors (Lipinski definition) is 3. The molecule has 3 heterocycles. The summed E-state index contributed by atoms with van der Waals surface area (Å²) in [6, 6.07) is 36.6. The van der Waals surface area contributed by atoms with Gasteiger partial charge in [-0.2, -0.15) is 0 Å². The molecule has 4 aromatic carbocycles. The first-order chi connectivity index (χ1) is 17.7. The average molecular weight is 590 g/mol. The molecule has 2 nitrogen and oxygen atoms in total. The summed E-state index contributed by atoms with van der Waals surface area (Å²) in [5.74, 6) is 0. The monoisotopic (exact) mass is 590 g/mol. The number of pyridine rings is 2. The molecule has 0 unspecified atom stereocenters. The first kappa shape index (κ1) is 21.7. The van der Waals surface area contributed by atoms with Crippen molar-refractivity contribution >= 4 is 65.0 Å². The van der Waals surface area contributed by atoms with E-state index in [-0.39, 0.29) is 0 Å². The fraction of sp³-hybridized carbons (Fsp3) is 0. The van der Waals surface area contributed by atoms with Gasteiger partial charge in [0.25, 0.3) is 0 Å². The summed E-state index contributed by atoms with van der Waals surface area (Å²) in [5, 5.41) is 3.73. The van der Waals surface area contributed by atoms with Crippen LogP contribution in [-0.2, 0) is 0 Å². The van der Waals surface area contributed by atoms with Gasteiger partial charge in [0.05, 0.1) is 11.2 Å². The summed E-state index contributed by atoms with van der Waals surface area (Å²) in [7, 11) is 0. The third-order valence-corrected chi connectivity index (χ3v) is 8.58. The minimum atomic E-state index is 0.992. The number of thiophene rings is 1. The molecule has 4 heteroatoms. The van der Waals surface area contributed by atoms with Crippen LogP contribution in [0.3, 0.4) is 0 Å². The molecule has 3 aromatic heterocycles. The molecule has 7 rings (SSSR count). The smallest absolute Gasteiger partial charge is 0.0716 e. The van der Waals surface area contributed by atoms with E-state index in [4.69, 9.17) is 9.97 Å². The molecule has 0 aliphatic carbocycles. The fourth-order valence-corrected chi connectivity index (χ4v) is 6.36. The Hall–Kier alpha value is -3.61. The molecule has 0 atom stereocenters. The van der Waals surface area contributed by atoms with Crippen LogP contribution in [0.5, 0.6) is 0 Å². The van der Waals surface area contributed by atoms with E-state index >= 15 is 0 Å². The molecule has 0 N–H and O–H groups in total. The zero-order chi connectivity index (χ0) is 24.1. The molecule has 170 valence electrons. The van der Waals surface area contributed by atoms with Gasteiger partial charge in [-0.1, -0.05) is 66.7 Å². The summed E-state index contributed by atoms with van der Waals surface area (Å²) in [4.78, 5) is 9.64. The Kier molecular flexibility index (Phi) is 5.29. The van der Waals surface area contributed by atoms with Gasteiger partial charge in [0.15, 0.2) is 0 Å². The van der Waals surface area contributed by atoms with Crippen LogP contribution in [0.25, 0.3) is 64.6 Å². The highest BCUT2D eigenvalue weighted by atomic mass is 127. The van der Waals surface area contributed by atoms with Gasteiger partial charge in [0.2, 0.25) is 0 Å². The third-order valence-electron chi connectivity index (χ3n) is 6.64. The van der Waals surface area contributed by atoms with E-state index in [1.807, 2.05) is 23.7 Å². The number of rotatable bonds is 3. The van der Waals surface area contributed by atoms with E-state index in [0.29, 0.717) is 0 Å². The molecule has 7 aromatic rings. The summed E-state index contributed by atoms with van der Waals surface area (Å²) >= 11 is 4.17. The second kappa shape index (κ2) is 8.80. The maximum absolute atomic E-state index is 4.86. The van der Waals surface area contributed by atoms with Gasteiger partial charge < -0.3 is 0 Å². The molecule has 36 heavy (non-hydrogen) atoms. The third kappa shape index (κ3) is 3.77. The summed E-state index contributed by atoms with van der Waals surface area (Å²) < 4.78 is 3.83. The van der Waals surface area contributed by atoms with E-state index in [2.05, 4.69) is 126 Å². The maximum Gasteiger partial charge on any atom is 0.0716 e. The fourth-order valence-electron chi connectivity index (χ4n) is 4.77. The number of fused-ring (bicyclic) bond motifs is 4. The number of nitrogens with zero attached hydrogens (tertiary/aromatic N) is 2. The molecule has 0 bridgehead atoms. The van der Waals surface area contributed by atoms with Gasteiger partial charge in [0, 0.05) is 58.2 Å². The zero-order valence-electron chi connectivity index (χ0n) is 19.2. The minimum absolute atomic E-state index is 0.992. The van der Waals surface area contributed by atoms with Crippen molar-refractivity contribution in [2.45, 2.75) is 0 Å². The minimum Gasteiger partial charge on any atom is -0.256 e. The van der Waals surface area contributed by atoms with Crippen LogP contribution in [0.15, 0.2) is 116 Å². The van der Waals surface area contributed by atoms with Crippen molar-refractivity contribution in [3.63, 3.8) is 0 Å². The first-order valence-corrected chi connectivity index (χ1v) is 13.7. The molecular formula is C32H19IN2S. The quantitative estimate of drug-likeness (QED) is 0.192. The van der Waals surface area contributed by atoms with E-state index in [9.17, 15) is 0 Å². The van der Waals surface area contributed by atoms with Crippen molar-refractivity contribution in [1.82, 2.24) is 9.97 Å². The normalized spacial score (nSPS) is 11.5. The van der Waals surface area contributed by atoms with Crippen LogP contribution in [0.1, 0.15) is 0 Å².